The second kappa shape index (κ2) is 9.86. The minimum atomic E-state index is -4.76. The summed E-state index contributed by atoms with van der Waals surface area (Å²) in [5.74, 6) is -1.14. The molecule has 0 aliphatic heterocycles. The van der Waals surface area contributed by atoms with Gasteiger partial charge in [0.15, 0.2) is 5.69 Å². The number of halogens is 5. The largest absolute Gasteiger partial charge is 0.436 e. The van der Waals surface area contributed by atoms with Crippen LogP contribution in [0.4, 0.5) is 23.2 Å². The predicted molar refractivity (Wildman–Crippen MR) is 116 cm³/mol. The van der Waals surface area contributed by atoms with E-state index in [4.69, 9.17) is 17.3 Å². The molecule has 172 valence electrons. The highest BCUT2D eigenvalue weighted by atomic mass is 35.5. The van der Waals surface area contributed by atoms with Crippen LogP contribution in [0.3, 0.4) is 0 Å². The standard InChI is InChI=1S/C22H18ClF4N5O/c1-13-19(23)21(22(25,26)27)31-32(13)12-18(33)30-17(11-28)20(14-5-3-2-4-6-14)29-16-9-7-15(24)8-10-16/h2-11H,12,28H2,1H3,(H,30,33). The third-order valence-electron chi connectivity index (χ3n) is 4.51. The molecule has 33 heavy (non-hydrogen) atoms. The van der Waals surface area contributed by atoms with Gasteiger partial charge < -0.3 is 11.1 Å². The van der Waals surface area contributed by atoms with E-state index in [2.05, 4.69) is 15.4 Å². The Hall–Kier alpha value is -3.66. The summed E-state index contributed by atoms with van der Waals surface area (Å²) >= 11 is 5.73. The average Bonchev–Trinajstić information content (AvgIpc) is 3.06. The fourth-order valence-corrected chi connectivity index (χ4v) is 3.13. The normalized spacial score (nSPS) is 12.7. The second-order valence-electron chi connectivity index (χ2n) is 6.83. The van der Waals surface area contributed by atoms with Gasteiger partial charge in [-0.3, -0.25) is 9.48 Å². The van der Waals surface area contributed by atoms with Crippen LogP contribution in [-0.4, -0.2) is 21.4 Å². The lowest BCUT2D eigenvalue weighted by Gasteiger charge is -2.13. The number of aromatic nitrogens is 2. The van der Waals surface area contributed by atoms with Crippen LogP contribution < -0.4 is 11.1 Å². The molecule has 1 amide bonds. The first-order valence-corrected chi connectivity index (χ1v) is 9.90. The summed E-state index contributed by atoms with van der Waals surface area (Å²) in [5.41, 5.74) is 5.81. The highest BCUT2D eigenvalue weighted by molar-refractivity contribution is 6.32. The summed E-state index contributed by atoms with van der Waals surface area (Å²) in [5, 5.41) is 5.39. The number of nitrogens with two attached hydrogens (primary N) is 1. The fourth-order valence-electron chi connectivity index (χ4n) is 2.89. The zero-order valence-corrected chi connectivity index (χ0v) is 18.0. The number of amides is 1. The predicted octanol–water partition coefficient (Wildman–Crippen LogP) is 4.74. The Labute approximate surface area is 191 Å². The first kappa shape index (κ1) is 24.0. The van der Waals surface area contributed by atoms with Crippen molar-refractivity contribution in [2.75, 3.05) is 0 Å². The molecule has 0 saturated carbocycles. The van der Waals surface area contributed by atoms with Crippen LogP contribution in [0.2, 0.25) is 5.02 Å². The Kier molecular flexibility index (Phi) is 7.17. The lowest BCUT2D eigenvalue weighted by molar-refractivity contribution is -0.141. The summed E-state index contributed by atoms with van der Waals surface area (Å²) in [6.07, 6.45) is -3.65. The van der Waals surface area contributed by atoms with Crippen molar-refractivity contribution in [3.63, 3.8) is 0 Å². The summed E-state index contributed by atoms with van der Waals surface area (Å²) < 4.78 is 53.2. The number of nitrogens with zero attached hydrogens (tertiary/aromatic N) is 3. The third-order valence-corrected chi connectivity index (χ3v) is 4.96. The molecule has 0 fully saturated rings. The molecule has 0 aliphatic carbocycles. The number of nitrogens with one attached hydrogen (secondary N) is 1. The lowest BCUT2D eigenvalue weighted by Crippen LogP contribution is -2.32. The second-order valence-corrected chi connectivity index (χ2v) is 7.21. The van der Waals surface area contributed by atoms with Crippen molar-refractivity contribution < 1.29 is 22.4 Å². The van der Waals surface area contributed by atoms with Crippen LogP contribution >= 0.6 is 11.6 Å². The molecule has 0 saturated heterocycles. The van der Waals surface area contributed by atoms with Crippen LogP contribution in [-0.2, 0) is 17.5 Å². The maximum atomic E-state index is 13.3. The van der Waals surface area contributed by atoms with Gasteiger partial charge in [0.25, 0.3) is 0 Å². The summed E-state index contributed by atoms with van der Waals surface area (Å²) in [7, 11) is 0. The van der Waals surface area contributed by atoms with Gasteiger partial charge in [0.05, 0.1) is 27.8 Å². The molecule has 2 aromatic carbocycles. The first-order chi connectivity index (χ1) is 15.6. The molecule has 3 aromatic rings. The first-order valence-electron chi connectivity index (χ1n) is 9.52. The van der Waals surface area contributed by atoms with Crippen molar-refractivity contribution >= 4 is 28.9 Å². The van der Waals surface area contributed by atoms with Crippen molar-refractivity contribution in [1.29, 1.82) is 0 Å². The van der Waals surface area contributed by atoms with Crippen LogP contribution in [0.1, 0.15) is 17.0 Å². The molecule has 1 heterocycles. The number of hydrogen-bond acceptors (Lipinski definition) is 4. The molecule has 0 bridgehead atoms. The monoisotopic (exact) mass is 479 g/mol. The maximum absolute atomic E-state index is 13.3. The van der Waals surface area contributed by atoms with Crippen molar-refractivity contribution in [2.24, 2.45) is 10.7 Å². The highest BCUT2D eigenvalue weighted by Gasteiger charge is 2.38. The molecule has 0 unspecified atom stereocenters. The van der Waals surface area contributed by atoms with Gasteiger partial charge in [0, 0.05) is 11.8 Å². The molecule has 0 radical (unpaired) electrons. The third kappa shape index (κ3) is 5.78. The van der Waals surface area contributed by atoms with Crippen molar-refractivity contribution in [3.8, 4) is 0 Å². The van der Waals surface area contributed by atoms with Gasteiger partial charge in [-0.2, -0.15) is 18.3 Å². The quantitative estimate of drug-likeness (QED) is 0.395. The Morgan fingerprint density at radius 3 is 2.36 bits per heavy atom. The molecular formula is C22H18ClF4N5O. The number of carbonyl (C=O) groups excluding carboxylic acids is 1. The molecule has 1 aromatic heterocycles. The SMILES string of the molecule is Cc1c(Cl)c(C(F)(F)F)nn1CC(=O)NC(=CN)C(=Nc1ccc(F)cc1)c1ccccc1. The molecule has 0 aliphatic rings. The van der Waals surface area contributed by atoms with Gasteiger partial charge in [-0.15, -0.1) is 0 Å². The lowest BCUT2D eigenvalue weighted by atomic mass is 10.1. The van der Waals surface area contributed by atoms with Crippen LogP contribution in [0, 0.1) is 12.7 Å². The summed E-state index contributed by atoms with van der Waals surface area (Å²) in [6.45, 7) is 0.778. The van der Waals surface area contributed by atoms with E-state index in [1.54, 1.807) is 30.3 Å². The summed E-state index contributed by atoms with van der Waals surface area (Å²) in [4.78, 5) is 17.1. The van der Waals surface area contributed by atoms with E-state index in [1.807, 2.05) is 0 Å². The molecule has 0 spiro atoms. The Morgan fingerprint density at radius 1 is 1.18 bits per heavy atom. The minimum absolute atomic E-state index is 0.0133. The number of carbonyl (C=O) groups is 1. The van der Waals surface area contributed by atoms with E-state index in [0.29, 0.717) is 11.3 Å². The number of rotatable bonds is 6. The van der Waals surface area contributed by atoms with E-state index >= 15 is 0 Å². The van der Waals surface area contributed by atoms with E-state index in [1.165, 1.54) is 31.2 Å². The minimum Gasteiger partial charge on any atom is -0.403 e. The molecule has 6 nitrogen and oxygen atoms in total. The van der Waals surface area contributed by atoms with Crippen molar-refractivity contribution in [1.82, 2.24) is 15.1 Å². The number of alkyl halides is 3. The van der Waals surface area contributed by atoms with Gasteiger partial charge in [-0.1, -0.05) is 41.9 Å². The van der Waals surface area contributed by atoms with Crippen LogP contribution in [0.5, 0.6) is 0 Å². The molecule has 3 N–H and O–H groups in total. The fraction of sp³-hybridized carbons (Fsp3) is 0.136. The number of allylic oxidation sites excluding steroid dienone is 1. The molecular weight excluding hydrogens is 462 g/mol. The number of aliphatic imine (C=N–C) groups is 1. The van der Waals surface area contributed by atoms with Crippen molar-refractivity contribution in [3.05, 3.63) is 94.3 Å². The zero-order valence-electron chi connectivity index (χ0n) is 17.2. The Morgan fingerprint density at radius 2 is 1.82 bits per heavy atom. The highest BCUT2D eigenvalue weighted by Crippen LogP contribution is 2.35. The van der Waals surface area contributed by atoms with Gasteiger partial charge in [-0.05, 0) is 31.2 Å². The summed E-state index contributed by atoms with van der Waals surface area (Å²) in [6, 6.07) is 14.1. The average molecular weight is 480 g/mol. The molecule has 3 rings (SSSR count). The maximum Gasteiger partial charge on any atom is 0.436 e. The molecule has 0 atom stereocenters. The van der Waals surface area contributed by atoms with Crippen LogP contribution in [0.25, 0.3) is 0 Å². The smallest absolute Gasteiger partial charge is 0.403 e. The van der Waals surface area contributed by atoms with E-state index in [-0.39, 0.29) is 17.1 Å². The number of benzene rings is 2. The van der Waals surface area contributed by atoms with Gasteiger partial charge in [0.1, 0.15) is 12.4 Å². The van der Waals surface area contributed by atoms with Gasteiger partial charge in [0.2, 0.25) is 5.91 Å². The van der Waals surface area contributed by atoms with Crippen molar-refractivity contribution in [2.45, 2.75) is 19.6 Å². The van der Waals surface area contributed by atoms with Crippen LogP contribution in [0.15, 0.2) is 71.5 Å². The van der Waals surface area contributed by atoms with E-state index in [0.717, 1.165) is 10.9 Å². The Bertz CT molecular complexity index is 1200. The topological polar surface area (TPSA) is 85.3 Å². The number of hydrogen-bond donors (Lipinski definition) is 2. The van der Waals surface area contributed by atoms with E-state index in [9.17, 15) is 22.4 Å². The van der Waals surface area contributed by atoms with Gasteiger partial charge >= 0.3 is 6.18 Å². The molecule has 11 heteroatoms. The zero-order chi connectivity index (χ0) is 24.2. The van der Waals surface area contributed by atoms with E-state index < -0.39 is 35.2 Å². The Balaban J connectivity index is 1.90. The van der Waals surface area contributed by atoms with Gasteiger partial charge in [-0.25, -0.2) is 9.38 Å².